The number of aryl methyl sites for hydroxylation is 3. The zero-order chi connectivity index (χ0) is 20.3. The normalized spacial score (nSPS) is 14.0. The smallest absolute Gasteiger partial charge is 0.240 e. The molecular weight excluding hydrogens is 384 g/mol. The minimum absolute atomic E-state index is 0.265. The largest absolute Gasteiger partial charge is 0.263 e. The number of nitrogens with one attached hydrogen (secondary N) is 2. The third kappa shape index (κ3) is 4.92. The quantitative estimate of drug-likeness (QED) is 0.626. The molecule has 0 aliphatic heterocycles. The van der Waals surface area contributed by atoms with Gasteiger partial charge in [0, 0.05) is 19.4 Å². The Morgan fingerprint density at radius 1 is 1.07 bits per heavy atom. The number of aromatic nitrogens is 3. The number of hydrogen-bond acceptors (Lipinski definition) is 4. The number of sulfonamides is 1. The number of fused-ring (bicyclic) bond motifs is 1. The van der Waals surface area contributed by atoms with Crippen molar-refractivity contribution >= 4 is 10.0 Å². The van der Waals surface area contributed by atoms with E-state index in [1.807, 2.05) is 18.2 Å². The molecule has 0 bridgehead atoms. The molecule has 0 amide bonds. The van der Waals surface area contributed by atoms with Crippen LogP contribution in [0.5, 0.6) is 0 Å². The van der Waals surface area contributed by atoms with Gasteiger partial charge >= 0.3 is 0 Å². The van der Waals surface area contributed by atoms with Gasteiger partial charge in [-0.25, -0.2) is 18.1 Å². The number of rotatable bonds is 7. The van der Waals surface area contributed by atoms with E-state index in [-0.39, 0.29) is 6.54 Å². The van der Waals surface area contributed by atoms with Crippen LogP contribution >= 0.6 is 0 Å². The third-order valence-corrected chi connectivity index (χ3v) is 6.76. The van der Waals surface area contributed by atoms with Crippen molar-refractivity contribution in [1.82, 2.24) is 19.9 Å². The lowest BCUT2D eigenvalue weighted by molar-refractivity contribution is 0.580. The highest BCUT2D eigenvalue weighted by Gasteiger charge is 2.17. The lowest BCUT2D eigenvalue weighted by atomic mass is 9.92. The van der Waals surface area contributed by atoms with Crippen LogP contribution in [0.4, 0.5) is 0 Å². The molecule has 1 aromatic heterocycles. The third-order valence-electron chi connectivity index (χ3n) is 5.30. The van der Waals surface area contributed by atoms with Crippen LogP contribution in [-0.2, 0) is 35.7 Å². The Balaban J connectivity index is 1.34. The Morgan fingerprint density at radius 3 is 2.72 bits per heavy atom. The zero-order valence-corrected chi connectivity index (χ0v) is 17.4. The molecule has 1 aliphatic rings. The first-order valence-corrected chi connectivity index (χ1v) is 11.5. The molecule has 6 nitrogen and oxygen atoms in total. The second-order valence-corrected chi connectivity index (χ2v) is 9.42. The Labute approximate surface area is 171 Å². The molecule has 152 valence electrons. The Morgan fingerprint density at radius 2 is 1.90 bits per heavy atom. The lowest BCUT2D eigenvalue weighted by Gasteiger charge is -2.16. The van der Waals surface area contributed by atoms with Crippen LogP contribution in [0.1, 0.15) is 46.7 Å². The molecule has 3 aromatic rings. The number of benzene rings is 2. The van der Waals surface area contributed by atoms with Gasteiger partial charge in [0.05, 0.1) is 4.90 Å². The molecule has 0 fully saturated rings. The Kier molecular flexibility index (Phi) is 5.78. The molecule has 0 unspecified atom stereocenters. The van der Waals surface area contributed by atoms with Crippen molar-refractivity contribution in [2.45, 2.75) is 50.3 Å². The molecule has 0 saturated heterocycles. The second-order valence-electron chi connectivity index (χ2n) is 7.65. The Hall–Kier alpha value is -2.51. The fourth-order valence-electron chi connectivity index (χ4n) is 3.80. The molecule has 1 aliphatic carbocycles. The molecule has 0 radical (unpaired) electrons. The monoisotopic (exact) mass is 410 g/mol. The molecule has 7 heteroatoms. The average Bonchev–Trinajstić information content (AvgIpc) is 3.14. The summed E-state index contributed by atoms with van der Waals surface area (Å²) in [6, 6.07) is 13.7. The van der Waals surface area contributed by atoms with Crippen LogP contribution in [0.2, 0.25) is 0 Å². The minimum atomic E-state index is -3.53. The van der Waals surface area contributed by atoms with E-state index in [2.05, 4.69) is 45.0 Å². The molecule has 4 rings (SSSR count). The lowest BCUT2D eigenvalue weighted by Crippen LogP contribution is -2.26. The average molecular weight is 411 g/mol. The van der Waals surface area contributed by atoms with E-state index < -0.39 is 10.0 Å². The van der Waals surface area contributed by atoms with Gasteiger partial charge in [-0.1, -0.05) is 35.9 Å². The Bertz CT molecular complexity index is 1110. The maximum Gasteiger partial charge on any atom is 0.240 e. The number of H-pyrrole nitrogens is 1. The highest BCUT2D eigenvalue weighted by Crippen LogP contribution is 2.24. The molecule has 2 N–H and O–H groups in total. The van der Waals surface area contributed by atoms with Gasteiger partial charge in [0.15, 0.2) is 5.82 Å². The maximum atomic E-state index is 12.6. The van der Waals surface area contributed by atoms with Crippen LogP contribution < -0.4 is 4.72 Å². The van der Waals surface area contributed by atoms with Crippen molar-refractivity contribution in [3.63, 3.8) is 0 Å². The number of aromatic amines is 1. The summed E-state index contributed by atoms with van der Waals surface area (Å²) in [5.74, 6) is 1.39. The molecular formula is C22H26N4O2S. The maximum absolute atomic E-state index is 12.6. The van der Waals surface area contributed by atoms with E-state index in [1.54, 1.807) is 6.07 Å². The van der Waals surface area contributed by atoms with E-state index in [0.29, 0.717) is 23.6 Å². The van der Waals surface area contributed by atoms with Crippen LogP contribution in [0.15, 0.2) is 47.4 Å². The number of hydrogen-bond donors (Lipinski definition) is 2. The van der Waals surface area contributed by atoms with Gasteiger partial charge in [0.1, 0.15) is 5.82 Å². The number of nitrogens with zero attached hydrogens (tertiary/aromatic N) is 2. The van der Waals surface area contributed by atoms with Crippen LogP contribution in [-0.4, -0.2) is 30.1 Å². The van der Waals surface area contributed by atoms with Crippen molar-refractivity contribution in [3.8, 4) is 0 Å². The standard InChI is InChI=1S/C22H26N4O2S/c1-16-5-4-6-17(13-16)14-22-24-21(25-26-22)11-12-23-29(27,28)20-10-9-18-7-2-3-8-19(18)15-20/h4-6,9-10,13,15,23H,2-3,7-8,11-12,14H2,1H3,(H,24,25,26). The van der Waals surface area contributed by atoms with E-state index in [9.17, 15) is 8.42 Å². The summed E-state index contributed by atoms with van der Waals surface area (Å²) in [5, 5.41) is 7.16. The van der Waals surface area contributed by atoms with Gasteiger partial charge in [0.25, 0.3) is 0 Å². The molecule has 0 saturated carbocycles. The van der Waals surface area contributed by atoms with Crippen LogP contribution in [0, 0.1) is 6.92 Å². The summed E-state index contributed by atoms with van der Waals surface area (Å²) >= 11 is 0. The van der Waals surface area contributed by atoms with Crippen molar-refractivity contribution in [3.05, 3.63) is 76.4 Å². The van der Waals surface area contributed by atoms with E-state index >= 15 is 0 Å². The summed E-state index contributed by atoms with van der Waals surface area (Å²) < 4.78 is 27.9. The molecule has 1 heterocycles. The molecule has 0 spiro atoms. The SMILES string of the molecule is Cc1cccc(Cc2nc(CCNS(=O)(=O)c3ccc4c(c3)CCCC4)n[nH]2)c1. The van der Waals surface area contributed by atoms with Crippen LogP contribution in [0.3, 0.4) is 0 Å². The van der Waals surface area contributed by atoms with Gasteiger partial charge in [0.2, 0.25) is 10.0 Å². The molecule has 2 aromatic carbocycles. The van der Waals surface area contributed by atoms with E-state index in [0.717, 1.165) is 30.7 Å². The minimum Gasteiger partial charge on any atom is -0.263 e. The van der Waals surface area contributed by atoms with Crippen LogP contribution in [0.25, 0.3) is 0 Å². The summed E-state index contributed by atoms with van der Waals surface area (Å²) in [4.78, 5) is 4.82. The first kappa shape index (κ1) is 19.8. The molecule has 0 atom stereocenters. The topological polar surface area (TPSA) is 87.7 Å². The summed E-state index contributed by atoms with van der Waals surface area (Å²) in [5.41, 5.74) is 4.81. The highest BCUT2D eigenvalue weighted by molar-refractivity contribution is 7.89. The highest BCUT2D eigenvalue weighted by atomic mass is 32.2. The van der Waals surface area contributed by atoms with Gasteiger partial charge < -0.3 is 0 Å². The zero-order valence-electron chi connectivity index (χ0n) is 16.6. The fourth-order valence-corrected chi connectivity index (χ4v) is 4.88. The first-order valence-electron chi connectivity index (χ1n) is 10.1. The summed E-state index contributed by atoms with van der Waals surface area (Å²) in [7, 11) is -3.53. The summed E-state index contributed by atoms with van der Waals surface area (Å²) in [6.07, 6.45) is 5.42. The fraction of sp³-hybridized carbons (Fsp3) is 0.364. The summed E-state index contributed by atoms with van der Waals surface area (Å²) in [6.45, 7) is 2.32. The second kappa shape index (κ2) is 8.47. The van der Waals surface area contributed by atoms with Gasteiger partial charge in [-0.05, 0) is 61.4 Å². The predicted octanol–water partition coefficient (Wildman–Crippen LogP) is 3.10. The molecule has 29 heavy (non-hydrogen) atoms. The first-order chi connectivity index (χ1) is 14.0. The van der Waals surface area contributed by atoms with E-state index in [1.165, 1.54) is 23.1 Å². The van der Waals surface area contributed by atoms with Gasteiger partial charge in [-0.3, -0.25) is 5.10 Å². The van der Waals surface area contributed by atoms with Crippen molar-refractivity contribution < 1.29 is 8.42 Å². The van der Waals surface area contributed by atoms with Gasteiger partial charge in [-0.2, -0.15) is 5.10 Å². The van der Waals surface area contributed by atoms with E-state index in [4.69, 9.17) is 0 Å². The van der Waals surface area contributed by atoms with Gasteiger partial charge in [-0.15, -0.1) is 0 Å². The van der Waals surface area contributed by atoms with Crippen molar-refractivity contribution in [2.75, 3.05) is 6.54 Å². The predicted molar refractivity (Wildman–Crippen MR) is 112 cm³/mol. The van der Waals surface area contributed by atoms with Crippen molar-refractivity contribution in [1.29, 1.82) is 0 Å². The van der Waals surface area contributed by atoms with Crippen molar-refractivity contribution in [2.24, 2.45) is 0 Å².